The van der Waals surface area contributed by atoms with Crippen LogP contribution in [0.5, 0.6) is 5.75 Å². The molecule has 5 nitrogen and oxygen atoms in total. The highest BCUT2D eigenvalue weighted by atomic mass is 19.1. The summed E-state index contributed by atoms with van der Waals surface area (Å²) in [5.74, 6) is 0.883. The Hall–Kier alpha value is -3.93. The Balaban J connectivity index is 0.00000342. The number of benzene rings is 3. The molecule has 3 aromatic carbocycles. The van der Waals surface area contributed by atoms with Crippen LogP contribution in [0.1, 0.15) is 42.9 Å². The van der Waals surface area contributed by atoms with Crippen LogP contribution in [0.25, 0.3) is 22.6 Å². The summed E-state index contributed by atoms with van der Waals surface area (Å²) in [4.78, 5) is 18.6. The third-order valence-corrected chi connectivity index (χ3v) is 5.90. The molecular weight excluding hydrogens is 429 g/mol. The highest BCUT2D eigenvalue weighted by Gasteiger charge is 2.26. The van der Waals surface area contributed by atoms with Gasteiger partial charge in [0, 0.05) is 19.1 Å². The van der Waals surface area contributed by atoms with Crippen molar-refractivity contribution in [2.75, 3.05) is 7.11 Å². The summed E-state index contributed by atoms with van der Waals surface area (Å²) < 4.78 is 21.2. The van der Waals surface area contributed by atoms with Crippen LogP contribution in [0.2, 0.25) is 0 Å². The van der Waals surface area contributed by atoms with Gasteiger partial charge < -0.3 is 14.6 Å². The monoisotopic (exact) mass is 459 g/mol. The second-order valence-electron chi connectivity index (χ2n) is 8.18. The van der Waals surface area contributed by atoms with Crippen LogP contribution in [-0.2, 0) is 6.54 Å². The summed E-state index contributed by atoms with van der Waals surface area (Å²) in [6, 6.07) is 21.9. The first kappa shape index (κ1) is 23.2. The summed E-state index contributed by atoms with van der Waals surface area (Å²) >= 11 is 0. The van der Waals surface area contributed by atoms with Crippen molar-refractivity contribution >= 4 is 5.91 Å². The van der Waals surface area contributed by atoms with Gasteiger partial charge in [0.2, 0.25) is 0 Å². The maximum atomic E-state index is 14.0. The van der Waals surface area contributed by atoms with Crippen LogP contribution >= 0.6 is 0 Å². The van der Waals surface area contributed by atoms with Gasteiger partial charge in [-0.1, -0.05) is 42.5 Å². The number of imidazole rings is 1. The third kappa shape index (κ3) is 4.57. The van der Waals surface area contributed by atoms with E-state index in [4.69, 9.17) is 9.72 Å². The number of carbonyl (C=O) groups excluding carboxylic acids is 1. The Kier molecular flexibility index (Phi) is 6.77. The highest BCUT2D eigenvalue weighted by Crippen LogP contribution is 2.31. The maximum Gasteiger partial charge on any atom is 0.270 e. The number of aromatic nitrogens is 2. The molecule has 1 aromatic heterocycles. The van der Waals surface area contributed by atoms with Gasteiger partial charge in [0.05, 0.1) is 13.2 Å². The Labute approximate surface area is 200 Å². The Morgan fingerprint density at radius 3 is 2.53 bits per heavy atom. The van der Waals surface area contributed by atoms with E-state index in [0.29, 0.717) is 34.9 Å². The van der Waals surface area contributed by atoms with E-state index in [1.165, 1.54) is 6.07 Å². The number of hydrogen-bond acceptors (Lipinski definition) is 3. The number of ether oxygens (including phenoxy) is 1. The van der Waals surface area contributed by atoms with Crippen LogP contribution in [0.3, 0.4) is 0 Å². The predicted molar refractivity (Wildman–Crippen MR) is 134 cm³/mol. The second kappa shape index (κ2) is 9.91. The summed E-state index contributed by atoms with van der Waals surface area (Å²) in [5.41, 5.74) is 4.01. The van der Waals surface area contributed by atoms with Crippen molar-refractivity contribution in [2.45, 2.75) is 33.4 Å². The van der Waals surface area contributed by atoms with E-state index in [1.54, 1.807) is 26.2 Å². The molecule has 0 bridgehead atoms. The summed E-state index contributed by atoms with van der Waals surface area (Å²) in [6.45, 7) is 6.17. The molecule has 0 aliphatic carbocycles. The molecule has 0 unspecified atom stereocenters. The number of carbonyl (C=O) groups is 1. The smallest absolute Gasteiger partial charge is 0.270 e. The molecule has 4 aromatic rings. The molecule has 6 heteroatoms. The fourth-order valence-corrected chi connectivity index (χ4v) is 4.05. The SMILES string of the molecule is CCn1c(-c2ccccc2)nc(-c2ccc(F)c(C)c2)c1C(=O)N[C@H](C)c1cccc(OC)c1.[HH]. The van der Waals surface area contributed by atoms with Crippen molar-refractivity contribution < 1.29 is 15.3 Å². The van der Waals surface area contributed by atoms with Gasteiger partial charge in [-0.2, -0.15) is 0 Å². The molecule has 1 N–H and O–H groups in total. The number of hydrogen-bond donors (Lipinski definition) is 1. The lowest BCUT2D eigenvalue weighted by Crippen LogP contribution is -2.29. The minimum Gasteiger partial charge on any atom is -0.497 e. The molecule has 1 atom stereocenters. The lowest BCUT2D eigenvalue weighted by atomic mass is 10.1. The van der Waals surface area contributed by atoms with Crippen LogP contribution in [0, 0.1) is 12.7 Å². The van der Waals surface area contributed by atoms with Gasteiger partial charge in [-0.05, 0) is 62.2 Å². The van der Waals surface area contributed by atoms with Crippen molar-refractivity contribution in [1.82, 2.24) is 14.9 Å². The largest absolute Gasteiger partial charge is 0.497 e. The fraction of sp³-hybridized carbons (Fsp3) is 0.214. The van der Waals surface area contributed by atoms with E-state index in [-0.39, 0.29) is 19.2 Å². The first-order valence-electron chi connectivity index (χ1n) is 11.3. The van der Waals surface area contributed by atoms with Crippen molar-refractivity contribution in [3.05, 3.63) is 95.4 Å². The predicted octanol–water partition coefficient (Wildman–Crippen LogP) is 6.43. The number of aryl methyl sites for hydroxylation is 1. The van der Waals surface area contributed by atoms with E-state index in [0.717, 1.165) is 16.9 Å². The minimum absolute atomic E-state index is 0. The van der Waals surface area contributed by atoms with Crippen molar-refractivity contribution in [2.24, 2.45) is 0 Å². The fourth-order valence-electron chi connectivity index (χ4n) is 4.05. The molecule has 34 heavy (non-hydrogen) atoms. The normalized spacial score (nSPS) is 11.8. The Bertz CT molecular complexity index is 1320. The van der Waals surface area contributed by atoms with E-state index in [9.17, 15) is 9.18 Å². The third-order valence-electron chi connectivity index (χ3n) is 5.90. The van der Waals surface area contributed by atoms with Gasteiger partial charge in [0.25, 0.3) is 5.91 Å². The van der Waals surface area contributed by atoms with Crippen LogP contribution in [0.4, 0.5) is 4.39 Å². The number of nitrogens with one attached hydrogen (secondary N) is 1. The number of rotatable bonds is 7. The molecule has 1 amide bonds. The summed E-state index contributed by atoms with van der Waals surface area (Å²) in [5, 5.41) is 3.11. The number of methoxy groups -OCH3 is 1. The molecule has 4 rings (SSSR count). The molecule has 0 saturated carbocycles. The standard InChI is InChI=1S/C28H28FN3O2.H2/c1-5-32-26(28(33)30-19(3)21-12-9-13-23(17-21)34-4)25(22-14-15-24(29)18(2)16-22)31-27(32)20-10-7-6-8-11-20;/h6-17,19H,5H2,1-4H3,(H,30,33);1H/t19-;/m1./s1. The van der Waals surface area contributed by atoms with E-state index < -0.39 is 0 Å². The van der Waals surface area contributed by atoms with Crippen LogP contribution in [-0.4, -0.2) is 22.6 Å². The van der Waals surface area contributed by atoms with E-state index >= 15 is 0 Å². The molecule has 0 fully saturated rings. The molecule has 0 spiro atoms. The van der Waals surface area contributed by atoms with Gasteiger partial charge >= 0.3 is 0 Å². The number of amides is 1. The van der Waals surface area contributed by atoms with Crippen molar-refractivity contribution in [3.63, 3.8) is 0 Å². The number of nitrogens with zero attached hydrogens (tertiary/aromatic N) is 2. The topological polar surface area (TPSA) is 56.2 Å². The lowest BCUT2D eigenvalue weighted by Gasteiger charge is -2.17. The molecule has 0 saturated heterocycles. The summed E-state index contributed by atoms with van der Waals surface area (Å²) in [7, 11) is 1.62. The maximum absolute atomic E-state index is 14.0. The van der Waals surface area contributed by atoms with Gasteiger partial charge in [-0.15, -0.1) is 0 Å². The zero-order chi connectivity index (χ0) is 24.2. The van der Waals surface area contributed by atoms with Crippen LogP contribution in [0.15, 0.2) is 72.8 Å². The zero-order valence-corrected chi connectivity index (χ0v) is 19.8. The first-order chi connectivity index (χ1) is 16.4. The highest BCUT2D eigenvalue weighted by molar-refractivity contribution is 5.99. The molecule has 0 aliphatic heterocycles. The first-order valence-corrected chi connectivity index (χ1v) is 11.3. The molecule has 1 heterocycles. The minimum atomic E-state index is -0.292. The van der Waals surface area contributed by atoms with Gasteiger partial charge in [0.15, 0.2) is 0 Å². The van der Waals surface area contributed by atoms with Crippen LogP contribution < -0.4 is 10.1 Å². The summed E-state index contributed by atoms with van der Waals surface area (Å²) in [6.07, 6.45) is 0. The molecular formula is C28H30FN3O2. The van der Waals surface area contributed by atoms with Gasteiger partial charge in [-0.3, -0.25) is 4.79 Å². The quantitative estimate of drug-likeness (QED) is 0.346. The molecule has 0 aliphatic rings. The molecule has 0 radical (unpaired) electrons. The van der Waals surface area contributed by atoms with E-state index in [1.807, 2.05) is 73.0 Å². The average molecular weight is 460 g/mol. The van der Waals surface area contributed by atoms with Crippen molar-refractivity contribution in [1.29, 1.82) is 0 Å². The Morgan fingerprint density at radius 2 is 1.85 bits per heavy atom. The Morgan fingerprint density at radius 1 is 1.09 bits per heavy atom. The zero-order valence-electron chi connectivity index (χ0n) is 19.8. The van der Waals surface area contributed by atoms with Gasteiger partial charge in [0.1, 0.15) is 28.8 Å². The second-order valence-corrected chi connectivity index (χ2v) is 8.18. The number of halogens is 1. The van der Waals surface area contributed by atoms with E-state index in [2.05, 4.69) is 5.32 Å². The van der Waals surface area contributed by atoms with Crippen molar-refractivity contribution in [3.8, 4) is 28.4 Å². The lowest BCUT2D eigenvalue weighted by molar-refractivity contribution is 0.0931. The van der Waals surface area contributed by atoms with Gasteiger partial charge in [-0.25, -0.2) is 9.37 Å². The molecule has 176 valence electrons. The average Bonchev–Trinajstić information content (AvgIpc) is 3.26.